The van der Waals surface area contributed by atoms with Gasteiger partial charge >= 0.3 is 0 Å². The van der Waals surface area contributed by atoms with Crippen molar-refractivity contribution in [2.75, 3.05) is 13.1 Å². The number of hydrogen-bond acceptors (Lipinski definition) is 2. The summed E-state index contributed by atoms with van der Waals surface area (Å²) in [6.45, 7) is 8.05. The highest BCUT2D eigenvalue weighted by Crippen LogP contribution is 2.37. The maximum Gasteiger partial charge on any atom is 0.0991 e. The third-order valence-electron chi connectivity index (χ3n) is 4.11. The van der Waals surface area contributed by atoms with Gasteiger partial charge in [0.05, 0.1) is 11.6 Å². The smallest absolute Gasteiger partial charge is 0.0991 e. The fourth-order valence-corrected chi connectivity index (χ4v) is 2.65. The van der Waals surface area contributed by atoms with Crippen molar-refractivity contribution in [3.05, 3.63) is 35.4 Å². The highest BCUT2D eigenvalue weighted by Gasteiger charge is 2.39. The lowest BCUT2D eigenvalue weighted by Crippen LogP contribution is -2.54. The highest BCUT2D eigenvalue weighted by molar-refractivity contribution is 5.31. The van der Waals surface area contributed by atoms with E-state index < -0.39 is 0 Å². The van der Waals surface area contributed by atoms with Gasteiger partial charge in [-0.05, 0) is 36.0 Å². The average molecular weight is 228 g/mol. The second kappa shape index (κ2) is 4.89. The van der Waals surface area contributed by atoms with Crippen LogP contribution in [0.15, 0.2) is 24.3 Å². The molecule has 0 atom stereocenters. The zero-order valence-corrected chi connectivity index (χ0v) is 10.7. The topological polar surface area (TPSA) is 27.0 Å². The van der Waals surface area contributed by atoms with Crippen LogP contribution in [0.5, 0.6) is 0 Å². The zero-order valence-electron chi connectivity index (χ0n) is 10.7. The minimum Gasteiger partial charge on any atom is -0.298 e. The molecule has 0 unspecified atom stereocenters. The fourth-order valence-electron chi connectivity index (χ4n) is 2.65. The van der Waals surface area contributed by atoms with Gasteiger partial charge in [-0.3, -0.25) is 4.90 Å². The van der Waals surface area contributed by atoms with Gasteiger partial charge in [-0.15, -0.1) is 0 Å². The molecule has 0 saturated carbocycles. The molecule has 1 heterocycles. The Balaban J connectivity index is 1.89. The molecule has 1 aliphatic rings. The van der Waals surface area contributed by atoms with Crippen molar-refractivity contribution in [1.82, 2.24) is 4.90 Å². The second-order valence-corrected chi connectivity index (χ2v) is 5.16. The van der Waals surface area contributed by atoms with Crippen molar-refractivity contribution in [3.63, 3.8) is 0 Å². The van der Waals surface area contributed by atoms with E-state index in [1.807, 2.05) is 12.1 Å². The number of benzene rings is 1. The molecule has 1 aromatic carbocycles. The van der Waals surface area contributed by atoms with Crippen molar-refractivity contribution in [1.29, 1.82) is 5.26 Å². The van der Waals surface area contributed by atoms with Crippen LogP contribution in [0.2, 0.25) is 0 Å². The first kappa shape index (κ1) is 12.1. The predicted octanol–water partition coefficient (Wildman–Crippen LogP) is 3.18. The van der Waals surface area contributed by atoms with Crippen LogP contribution in [0, 0.1) is 16.7 Å². The summed E-state index contributed by atoms with van der Waals surface area (Å²) in [5.41, 5.74) is 2.63. The molecule has 2 rings (SSSR count). The van der Waals surface area contributed by atoms with Gasteiger partial charge in [0.2, 0.25) is 0 Å². The Morgan fingerprint density at radius 3 is 2.24 bits per heavy atom. The Labute approximate surface area is 104 Å². The summed E-state index contributed by atoms with van der Waals surface area (Å²) in [4.78, 5) is 2.49. The second-order valence-electron chi connectivity index (χ2n) is 5.16. The fraction of sp³-hybridized carbons (Fsp3) is 0.533. The summed E-state index contributed by atoms with van der Waals surface area (Å²) in [5, 5.41) is 8.74. The summed E-state index contributed by atoms with van der Waals surface area (Å²) >= 11 is 0. The van der Waals surface area contributed by atoms with Gasteiger partial charge in [0.1, 0.15) is 0 Å². The van der Waals surface area contributed by atoms with Crippen LogP contribution in [0.25, 0.3) is 0 Å². The van der Waals surface area contributed by atoms with Gasteiger partial charge in [0, 0.05) is 19.6 Å². The number of likely N-dealkylation sites (tertiary alicyclic amines) is 1. The molecule has 2 nitrogen and oxygen atoms in total. The lowest BCUT2D eigenvalue weighted by atomic mass is 9.75. The van der Waals surface area contributed by atoms with E-state index in [2.05, 4.69) is 36.9 Å². The summed E-state index contributed by atoms with van der Waals surface area (Å²) < 4.78 is 0. The molecular formula is C15H20N2. The number of rotatable bonds is 4. The van der Waals surface area contributed by atoms with E-state index in [4.69, 9.17) is 5.26 Å². The van der Waals surface area contributed by atoms with E-state index in [0.717, 1.165) is 12.1 Å². The monoisotopic (exact) mass is 228 g/mol. The summed E-state index contributed by atoms with van der Waals surface area (Å²) in [7, 11) is 0. The van der Waals surface area contributed by atoms with E-state index in [1.54, 1.807) is 0 Å². The Hall–Kier alpha value is -1.33. The van der Waals surface area contributed by atoms with E-state index in [9.17, 15) is 0 Å². The maximum absolute atomic E-state index is 8.74. The van der Waals surface area contributed by atoms with Gasteiger partial charge in [-0.25, -0.2) is 0 Å². The number of nitriles is 1. The van der Waals surface area contributed by atoms with Gasteiger partial charge in [0.25, 0.3) is 0 Å². The molecule has 1 aliphatic heterocycles. The first-order valence-corrected chi connectivity index (χ1v) is 6.43. The molecule has 1 saturated heterocycles. The lowest BCUT2D eigenvalue weighted by molar-refractivity contribution is -0.0120. The van der Waals surface area contributed by atoms with Crippen molar-refractivity contribution in [2.24, 2.45) is 5.41 Å². The Bertz CT molecular complexity index is 402. The first-order chi connectivity index (χ1) is 8.21. The Morgan fingerprint density at radius 1 is 1.18 bits per heavy atom. The van der Waals surface area contributed by atoms with E-state index in [1.165, 1.54) is 31.5 Å². The van der Waals surface area contributed by atoms with Gasteiger partial charge in [-0.1, -0.05) is 26.0 Å². The molecule has 0 aromatic heterocycles. The normalized spacial score (nSPS) is 18.4. The third-order valence-corrected chi connectivity index (χ3v) is 4.11. The predicted molar refractivity (Wildman–Crippen MR) is 69.4 cm³/mol. The standard InChI is InChI=1S/C15H20N2/c1-3-15(4-2)11-17(12-15)10-14-7-5-13(9-16)6-8-14/h5-8H,3-4,10-12H2,1-2H3. The molecule has 90 valence electrons. The maximum atomic E-state index is 8.74. The summed E-state index contributed by atoms with van der Waals surface area (Å²) in [5.74, 6) is 0. The molecule has 0 amide bonds. The average Bonchev–Trinajstić information content (AvgIpc) is 2.34. The van der Waals surface area contributed by atoms with Crippen molar-refractivity contribution in [2.45, 2.75) is 33.2 Å². The molecular weight excluding hydrogens is 208 g/mol. The quantitative estimate of drug-likeness (QED) is 0.791. The van der Waals surface area contributed by atoms with Crippen LogP contribution >= 0.6 is 0 Å². The van der Waals surface area contributed by atoms with Crippen molar-refractivity contribution >= 4 is 0 Å². The molecule has 0 aliphatic carbocycles. The van der Waals surface area contributed by atoms with Crippen LogP contribution in [-0.4, -0.2) is 18.0 Å². The van der Waals surface area contributed by atoms with E-state index in [-0.39, 0.29) is 0 Å². The Kier molecular flexibility index (Phi) is 3.49. The molecule has 0 radical (unpaired) electrons. The Morgan fingerprint density at radius 2 is 1.76 bits per heavy atom. The first-order valence-electron chi connectivity index (χ1n) is 6.43. The summed E-state index contributed by atoms with van der Waals surface area (Å²) in [6, 6.07) is 10.1. The molecule has 0 spiro atoms. The van der Waals surface area contributed by atoms with Crippen molar-refractivity contribution in [3.8, 4) is 6.07 Å². The van der Waals surface area contributed by atoms with Gasteiger partial charge < -0.3 is 0 Å². The van der Waals surface area contributed by atoms with Crippen LogP contribution in [0.4, 0.5) is 0 Å². The summed E-state index contributed by atoms with van der Waals surface area (Å²) in [6.07, 6.45) is 2.57. The van der Waals surface area contributed by atoms with E-state index >= 15 is 0 Å². The van der Waals surface area contributed by atoms with E-state index in [0.29, 0.717) is 5.41 Å². The minimum atomic E-state index is 0.576. The zero-order chi connectivity index (χ0) is 12.3. The van der Waals surface area contributed by atoms with Crippen LogP contribution in [0.3, 0.4) is 0 Å². The molecule has 0 bridgehead atoms. The lowest BCUT2D eigenvalue weighted by Gasteiger charge is -2.50. The molecule has 0 N–H and O–H groups in total. The van der Waals surface area contributed by atoms with Gasteiger partial charge in [0.15, 0.2) is 0 Å². The molecule has 17 heavy (non-hydrogen) atoms. The minimum absolute atomic E-state index is 0.576. The SMILES string of the molecule is CCC1(CC)CN(Cc2ccc(C#N)cc2)C1. The molecule has 1 fully saturated rings. The molecule has 2 heteroatoms. The highest BCUT2D eigenvalue weighted by atomic mass is 15.2. The largest absolute Gasteiger partial charge is 0.298 e. The van der Waals surface area contributed by atoms with Crippen LogP contribution in [-0.2, 0) is 6.54 Å². The number of hydrogen-bond donors (Lipinski definition) is 0. The van der Waals surface area contributed by atoms with Crippen LogP contribution in [0.1, 0.15) is 37.8 Å². The van der Waals surface area contributed by atoms with Crippen LogP contribution < -0.4 is 0 Å². The number of nitrogens with zero attached hydrogens (tertiary/aromatic N) is 2. The van der Waals surface area contributed by atoms with Crippen molar-refractivity contribution < 1.29 is 0 Å². The third kappa shape index (κ3) is 2.50. The van der Waals surface area contributed by atoms with Gasteiger partial charge in [-0.2, -0.15) is 5.26 Å². The molecule has 1 aromatic rings.